The minimum atomic E-state index is -3.46. The first kappa shape index (κ1) is 31.0. The third-order valence-electron chi connectivity index (χ3n) is 7.64. The van der Waals surface area contributed by atoms with Crippen LogP contribution in [-0.2, 0) is 20.5 Å². The van der Waals surface area contributed by atoms with Crippen molar-refractivity contribution in [2.75, 3.05) is 37.0 Å². The summed E-state index contributed by atoms with van der Waals surface area (Å²) in [7, 11) is -1.62. The quantitative estimate of drug-likeness (QED) is 0.171. The van der Waals surface area contributed by atoms with Gasteiger partial charge in [-0.05, 0) is 61.9 Å². The Kier molecular flexibility index (Phi) is 9.08. The molecular formula is C31H33N7O4S3. The maximum atomic E-state index is 13.1. The first-order valence-electron chi connectivity index (χ1n) is 14.6. The number of esters is 1. The highest BCUT2D eigenvalue weighted by molar-refractivity contribution is 7.88. The summed E-state index contributed by atoms with van der Waals surface area (Å²) in [5.74, 6) is 0.630. The van der Waals surface area contributed by atoms with Gasteiger partial charge in [-0.25, -0.2) is 27.5 Å². The summed E-state index contributed by atoms with van der Waals surface area (Å²) < 4.78 is 34.2. The molecule has 1 fully saturated rings. The lowest BCUT2D eigenvalue weighted by Crippen LogP contribution is -2.38. The van der Waals surface area contributed by atoms with E-state index >= 15 is 0 Å². The molecule has 2 aromatic carbocycles. The summed E-state index contributed by atoms with van der Waals surface area (Å²) in [6.07, 6.45) is 1.16. The van der Waals surface area contributed by atoms with Crippen LogP contribution in [0, 0.1) is 6.92 Å². The molecule has 234 valence electrons. The Morgan fingerprint density at radius 3 is 2.49 bits per heavy atom. The monoisotopic (exact) mass is 663 g/mol. The Balaban J connectivity index is 1.19. The summed E-state index contributed by atoms with van der Waals surface area (Å²) in [4.78, 5) is 24.9. The van der Waals surface area contributed by atoms with E-state index in [9.17, 15) is 13.2 Å². The van der Waals surface area contributed by atoms with Crippen LogP contribution in [0.25, 0.3) is 10.2 Å². The van der Waals surface area contributed by atoms with Gasteiger partial charge in [-0.2, -0.15) is 0 Å². The van der Waals surface area contributed by atoms with E-state index in [-0.39, 0.29) is 24.0 Å². The number of ether oxygens (including phenoxy) is 1. The van der Waals surface area contributed by atoms with Crippen molar-refractivity contribution in [3.05, 3.63) is 82.4 Å². The Morgan fingerprint density at radius 1 is 1.04 bits per heavy atom. The molecule has 1 saturated heterocycles. The number of hydrogen-bond donors (Lipinski definition) is 1. The molecule has 3 aromatic heterocycles. The highest BCUT2D eigenvalue weighted by Crippen LogP contribution is 2.40. The number of rotatable bonds is 10. The predicted molar refractivity (Wildman–Crippen MR) is 178 cm³/mol. The molecule has 0 atom stereocenters. The van der Waals surface area contributed by atoms with Crippen molar-refractivity contribution in [1.82, 2.24) is 24.5 Å². The first-order valence-corrected chi connectivity index (χ1v) is 17.9. The normalized spacial score (nSPS) is 14.5. The molecule has 45 heavy (non-hydrogen) atoms. The smallest absolute Gasteiger partial charge is 0.358 e. The number of para-hydroxylation sites is 1. The van der Waals surface area contributed by atoms with Gasteiger partial charge in [0.1, 0.15) is 0 Å². The maximum absolute atomic E-state index is 13.1. The average Bonchev–Trinajstić information content (AvgIpc) is 3.67. The zero-order valence-electron chi connectivity index (χ0n) is 25.1. The highest BCUT2D eigenvalue weighted by Gasteiger charge is 2.33. The number of benzene rings is 2. The van der Waals surface area contributed by atoms with Gasteiger partial charge in [0.05, 0.1) is 22.6 Å². The van der Waals surface area contributed by atoms with Crippen molar-refractivity contribution in [3.63, 3.8) is 0 Å². The number of carbonyl (C=O) groups excluding carboxylic acids is 1. The number of hydrogen-bond acceptors (Lipinski definition) is 12. The Hall–Kier alpha value is -3.98. The van der Waals surface area contributed by atoms with Crippen LogP contribution < -0.4 is 10.2 Å². The lowest BCUT2D eigenvalue weighted by molar-refractivity contribution is 0.0518. The summed E-state index contributed by atoms with van der Waals surface area (Å²) in [6.45, 7) is 4.68. The zero-order valence-corrected chi connectivity index (χ0v) is 27.6. The molecule has 0 bridgehead atoms. The number of aryl methyl sites for hydroxylation is 1. The molecule has 0 spiro atoms. The molecule has 6 rings (SSSR count). The molecule has 1 aliphatic rings. The standard InChI is InChI=1S/C31H33N7O4S3/c1-4-42-29(39)26-27(22-14-16-38(17-15-22)45(40,41)19-21-10-6-5-7-11-21)44-31(33-26)37(3)25-18-20(2)28(36-35-25)34-30-32-23-12-8-9-13-24(23)43-30/h5-13,18,22H,4,14-17,19H2,1-3H3,(H,32,34,36). The molecule has 0 radical (unpaired) electrons. The van der Waals surface area contributed by atoms with Crippen LogP contribution in [0.15, 0.2) is 60.7 Å². The van der Waals surface area contributed by atoms with Crippen LogP contribution in [0.5, 0.6) is 0 Å². The number of nitrogens with one attached hydrogen (secondary N) is 1. The second-order valence-corrected chi connectivity index (χ2v) is 14.8. The topological polar surface area (TPSA) is 131 Å². The van der Waals surface area contributed by atoms with Crippen molar-refractivity contribution in [3.8, 4) is 0 Å². The third-order valence-corrected chi connectivity index (χ3v) is 11.7. The molecular weight excluding hydrogens is 631 g/mol. The summed E-state index contributed by atoms with van der Waals surface area (Å²) in [5.41, 5.74) is 2.83. The molecule has 1 aliphatic heterocycles. The van der Waals surface area contributed by atoms with E-state index in [1.165, 1.54) is 11.3 Å². The minimum absolute atomic E-state index is 0.0274. The fraction of sp³-hybridized carbons (Fsp3) is 0.323. The molecule has 11 nitrogen and oxygen atoms in total. The van der Waals surface area contributed by atoms with E-state index < -0.39 is 16.0 Å². The number of aromatic nitrogens is 4. The summed E-state index contributed by atoms with van der Waals surface area (Å²) in [5, 5.41) is 13.4. The number of anilines is 4. The Morgan fingerprint density at radius 2 is 1.78 bits per heavy atom. The predicted octanol–water partition coefficient (Wildman–Crippen LogP) is 6.25. The number of thiazole rings is 2. The zero-order chi connectivity index (χ0) is 31.6. The van der Waals surface area contributed by atoms with Gasteiger partial charge in [0, 0.05) is 25.0 Å². The molecule has 0 unspecified atom stereocenters. The van der Waals surface area contributed by atoms with Crippen molar-refractivity contribution in [1.29, 1.82) is 0 Å². The molecule has 14 heteroatoms. The molecule has 4 heterocycles. The van der Waals surface area contributed by atoms with Gasteiger partial charge in [-0.1, -0.05) is 53.8 Å². The van der Waals surface area contributed by atoms with Crippen LogP contribution in [-0.4, -0.2) is 65.6 Å². The second kappa shape index (κ2) is 13.2. The van der Waals surface area contributed by atoms with Gasteiger partial charge in [0.25, 0.3) is 0 Å². The summed E-state index contributed by atoms with van der Waals surface area (Å²) in [6, 6.07) is 19.0. The van der Waals surface area contributed by atoms with Crippen molar-refractivity contribution < 1.29 is 17.9 Å². The summed E-state index contributed by atoms with van der Waals surface area (Å²) >= 11 is 2.95. The second-order valence-electron chi connectivity index (χ2n) is 10.7. The lowest BCUT2D eigenvalue weighted by Gasteiger charge is -2.31. The van der Waals surface area contributed by atoms with Gasteiger partial charge in [0.15, 0.2) is 27.6 Å². The SMILES string of the molecule is CCOC(=O)c1nc(N(C)c2cc(C)c(Nc3nc4ccccc4s3)nn2)sc1C1CCN(S(=O)(=O)Cc2ccccc2)CC1. The Labute approximate surface area is 270 Å². The minimum Gasteiger partial charge on any atom is -0.461 e. The van der Waals surface area contributed by atoms with Crippen LogP contribution in [0.4, 0.5) is 21.9 Å². The van der Waals surface area contributed by atoms with Gasteiger partial charge < -0.3 is 15.0 Å². The Bertz CT molecular complexity index is 1890. The van der Waals surface area contributed by atoms with E-state index in [1.807, 2.05) is 74.6 Å². The van der Waals surface area contributed by atoms with Crippen LogP contribution in [0.2, 0.25) is 0 Å². The van der Waals surface area contributed by atoms with E-state index in [4.69, 9.17) is 9.72 Å². The largest absolute Gasteiger partial charge is 0.461 e. The van der Waals surface area contributed by atoms with E-state index in [0.29, 0.717) is 42.7 Å². The lowest BCUT2D eigenvalue weighted by atomic mass is 9.95. The van der Waals surface area contributed by atoms with E-state index in [2.05, 4.69) is 20.5 Å². The van der Waals surface area contributed by atoms with Gasteiger partial charge in [-0.3, -0.25) is 0 Å². The molecule has 0 amide bonds. The third kappa shape index (κ3) is 6.83. The first-order chi connectivity index (χ1) is 21.7. The fourth-order valence-electron chi connectivity index (χ4n) is 5.24. The molecule has 0 saturated carbocycles. The number of nitrogens with zero attached hydrogens (tertiary/aromatic N) is 6. The molecule has 1 N–H and O–H groups in total. The fourth-order valence-corrected chi connectivity index (χ4v) is 8.86. The number of sulfonamides is 1. The van der Waals surface area contributed by atoms with Crippen molar-refractivity contribution in [2.24, 2.45) is 0 Å². The van der Waals surface area contributed by atoms with Crippen LogP contribution >= 0.6 is 22.7 Å². The van der Waals surface area contributed by atoms with Crippen molar-refractivity contribution >= 4 is 70.8 Å². The molecule has 5 aromatic rings. The van der Waals surface area contributed by atoms with E-state index in [0.717, 1.165) is 31.4 Å². The van der Waals surface area contributed by atoms with Gasteiger partial charge >= 0.3 is 5.97 Å². The highest BCUT2D eigenvalue weighted by atomic mass is 32.2. The number of piperidine rings is 1. The van der Waals surface area contributed by atoms with Crippen LogP contribution in [0.3, 0.4) is 0 Å². The van der Waals surface area contributed by atoms with Crippen LogP contribution in [0.1, 0.15) is 52.2 Å². The average molecular weight is 664 g/mol. The maximum Gasteiger partial charge on any atom is 0.358 e. The van der Waals surface area contributed by atoms with Crippen molar-refractivity contribution in [2.45, 2.75) is 38.4 Å². The van der Waals surface area contributed by atoms with Gasteiger partial charge in [-0.15, -0.1) is 21.5 Å². The number of fused-ring (bicyclic) bond motifs is 1. The number of carbonyl (C=O) groups is 1. The molecule has 0 aliphatic carbocycles. The van der Waals surface area contributed by atoms with E-state index in [1.54, 1.807) is 27.5 Å². The van der Waals surface area contributed by atoms with Gasteiger partial charge in [0.2, 0.25) is 10.0 Å².